The summed E-state index contributed by atoms with van der Waals surface area (Å²) in [6.45, 7) is 14.7. The second kappa shape index (κ2) is 17.8. The molecular weight excluding hydrogens is 654 g/mol. The highest BCUT2D eigenvalue weighted by Gasteiger charge is 2.21. The molecule has 0 radical (unpaired) electrons. The SMILES string of the molecule is C.C[Si](C)(C)CCOCCl.Cn1c(=O)[nH]c(=O)c2c1nc(CO)n2COCC[Si](C)(C)C.Cn1c2c(c(=O)[nH]c1=O)CC(CO)=N2. The molecule has 0 amide bonds. The van der Waals surface area contributed by atoms with Crippen molar-refractivity contribution in [2.24, 2.45) is 19.1 Å². The molecule has 1 aliphatic rings. The predicted octanol–water partition coefficient (Wildman–Crippen LogP) is 2.10. The summed E-state index contributed by atoms with van der Waals surface area (Å²) in [5.74, 6) is 0.650. The van der Waals surface area contributed by atoms with E-state index in [1.807, 2.05) is 0 Å². The van der Waals surface area contributed by atoms with Crippen LogP contribution in [0.3, 0.4) is 0 Å². The van der Waals surface area contributed by atoms with Crippen LogP contribution in [0.4, 0.5) is 5.82 Å². The fourth-order valence-corrected chi connectivity index (χ4v) is 5.57. The zero-order valence-electron chi connectivity index (χ0n) is 27.3. The summed E-state index contributed by atoms with van der Waals surface area (Å²) >= 11 is 5.32. The average Bonchev–Trinajstić information content (AvgIpc) is 3.55. The number of aryl methyl sites for hydroxylation is 1. The monoisotopic (exact) mass is 703 g/mol. The molecule has 3 aromatic heterocycles. The van der Waals surface area contributed by atoms with Crippen molar-refractivity contribution < 1.29 is 19.7 Å². The molecule has 0 atom stereocenters. The largest absolute Gasteiger partial charge is 0.390 e. The number of rotatable bonds is 11. The summed E-state index contributed by atoms with van der Waals surface area (Å²) in [5, 5.41) is 18.3. The first-order valence-corrected chi connectivity index (χ1v) is 22.4. The van der Waals surface area contributed by atoms with Gasteiger partial charge in [0.2, 0.25) is 0 Å². The van der Waals surface area contributed by atoms with Crippen molar-refractivity contribution in [1.82, 2.24) is 28.7 Å². The third kappa shape index (κ3) is 11.7. The molecule has 4 N–H and O–H groups in total. The van der Waals surface area contributed by atoms with Gasteiger partial charge >= 0.3 is 11.4 Å². The van der Waals surface area contributed by atoms with Crippen LogP contribution in [-0.2, 0) is 43.3 Å². The molecule has 0 bridgehead atoms. The molecule has 0 saturated heterocycles. The van der Waals surface area contributed by atoms with Crippen LogP contribution in [0.5, 0.6) is 0 Å². The van der Waals surface area contributed by atoms with Gasteiger partial charge in [-0.25, -0.2) is 19.6 Å². The second-order valence-corrected chi connectivity index (χ2v) is 24.4. The van der Waals surface area contributed by atoms with Crippen LogP contribution in [0.25, 0.3) is 11.2 Å². The van der Waals surface area contributed by atoms with Gasteiger partial charge in [-0.2, -0.15) is 0 Å². The Morgan fingerprint density at radius 2 is 1.39 bits per heavy atom. The summed E-state index contributed by atoms with van der Waals surface area (Å²) in [5.41, 5.74) is -0.550. The number of ether oxygens (including phenoxy) is 2. The van der Waals surface area contributed by atoms with E-state index >= 15 is 0 Å². The lowest BCUT2D eigenvalue weighted by Gasteiger charge is -2.16. The van der Waals surface area contributed by atoms with Gasteiger partial charge in [-0.05, 0) is 12.1 Å². The number of hydrogen-bond acceptors (Lipinski definition) is 10. The van der Waals surface area contributed by atoms with Crippen molar-refractivity contribution in [3.63, 3.8) is 0 Å². The number of alkyl halides is 1. The first-order chi connectivity index (χ1) is 20.9. The van der Waals surface area contributed by atoms with Crippen LogP contribution >= 0.6 is 11.6 Å². The van der Waals surface area contributed by atoms with Crippen LogP contribution in [0.2, 0.25) is 51.4 Å². The highest BCUT2D eigenvalue weighted by atomic mass is 35.5. The Labute approximate surface area is 274 Å². The first-order valence-electron chi connectivity index (χ1n) is 14.4. The van der Waals surface area contributed by atoms with Crippen molar-refractivity contribution in [3.05, 3.63) is 53.1 Å². The third-order valence-electron chi connectivity index (χ3n) is 6.73. The van der Waals surface area contributed by atoms with Crippen LogP contribution < -0.4 is 22.5 Å². The molecule has 18 heteroatoms. The Balaban J connectivity index is 0.000000378. The molecule has 3 aromatic rings. The standard InChI is InChI=1S/C13H22N4O4Si.C8H9N3O3.C6H15ClOSi.CH4/c1-16-11-10(12(19)15-13(16)20)17(9(7-18)14-11)8-21-5-6-22(2,3)4;1-11-6-5(2-4(3-12)9-6)7(13)10-8(11)14;1-9(2,3)5-4-8-6-7;/h18H,5-8H2,1-4H3,(H,15,19,20);12H,2-3H2,1H3,(H,10,13,14);4-6H2,1-3H3;1H4. The molecule has 15 nitrogen and oxygen atoms in total. The Morgan fingerprint density at radius 1 is 0.848 bits per heavy atom. The number of aliphatic hydroxyl groups is 2. The van der Waals surface area contributed by atoms with Crippen molar-refractivity contribution >= 4 is 50.4 Å². The molecule has 0 saturated carbocycles. The molecule has 0 spiro atoms. The maximum absolute atomic E-state index is 12.0. The minimum absolute atomic E-state index is 0. The molecule has 4 rings (SSSR count). The van der Waals surface area contributed by atoms with Gasteiger partial charge in [0.1, 0.15) is 31.0 Å². The number of hydrogen-bond donors (Lipinski definition) is 4. The lowest BCUT2D eigenvalue weighted by atomic mass is 10.2. The van der Waals surface area contributed by atoms with E-state index < -0.39 is 38.6 Å². The predicted molar refractivity (Wildman–Crippen MR) is 187 cm³/mol. The second-order valence-electron chi connectivity index (χ2n) is 12.9. The summed E-state index contributed by atoms with van der Waals surface area (Å²) in [4.78, 5) is 58.7. The van der Waals surface area contributed by atoms with Crippen LogP contribution in [-0.4, -0.2) is 86.6 Å². The molecule has 4 heterocycles. The molecule has 0 fully saturated rings. The van der Waals surface area contributed by atoms with E-state index in [1.165, 1.54) is 33.8 Å². The van der Waals surface area contributed by atoms with E-state index in [1.54, 1.807) is 0 Å². The fraction of sp³-hybridized carbons (Fsp3) is 0.643. The zero-order chi connectivity index (χ0) is 34.1. The van der Waals surface area contributed by atoms with Gasteiger partial charge in [0.05, 0.1) is 17.9 Å². The number of fused-ring (bicyclic) bond motifs is 2. The Kier molecular flexibility index (Phi) is 15.9. The Hall–Kier alpha value is -2.94. The lowest BCUT2D eigenvalue weighted by molar-refractivity contribution is 0.0844. The molecule has 46 heavy (non-hydrogen) atoms. The minimum Gasteiger partial charge on any atom is -0.390 e. The van der Waals surface area contributed by atoms with Gasteiger partial charge in [0.15, 0.2) is 11.2 Å². The summed E-state index contributed by atoms with van der Waals surface area (Å²) < 4.78 is 14.7. The van der Waals surface area contributed by atoms with Gasteiger partial charge in [0.25, 0.3) is 11.1 Å². The van der Waals surface area contributed by atoms with Crippen molar-refractivity contribution in [2.45, 2.75) is 78.6 Å². The van der Waals surface area contributed by atoms with Crippen molar-refractivity contribution in [2.75, 3.05) is 25.9 Å². The molecular formula is C28H50ClN7O8Si2. The number of nitrogens with zero attached hydrogens (tertiary/aromatic N) is 5. The molecule has 0 unspecified atom stereocenters. The Morgan fingerprint density at radius 3 is 1.91 bits per heavy atom. The maximum Gasteiger partial charge on any atom is 0.329 e. The highest BCUT2D eigenvalue weighted by molar-refractivity contribution is 6.76. The van der Waals surface area contributed by atoms with Gasteiger partial charge in [-0.1, -0.05) is 58.3 Å². The number of H-pyrrole nitrogens is 2. The van der Waals surface area contributed by atoms with Crippen molar-refractivity contribution in [3.8, 4) is 0 Å². The lowest BCUT2D eigenvalue weighted by Crippen LogP contribution is -2.29. The number of aromatic nitrogens is 6. The number of aromatic amines is 2. The van der Waals surface area contributed by atoms with E-state index in [9.17, 15) is 24.3 Å². The molecule has 260 valence electrons. The maximum atomic E-state index is 12.0. The van der Waals surface area contributed by atoms with Crippen molar-refractivity contribution in [1.29, 1.82) is 0 Å². The first kappa shape index (κ1) is 41.1. The van der Waals surface area contributed by atoms with E-state index in [-0.39, 0.29) is 38.5 Å². The summed E-state index contributed by atoms with van der Waals surface area (Å²) in [6.07, 6.45) is 0.315. The van der Waals surface area contributed by atoms with Gasteiger partial charge in [-0.15, -0.1) is 0 Å². The van der Waals surface area contributed by atoms with Crippen LogP contribution in [0.1, 0.15) is 18.8 Å². The number of aliphatic imine (C=N–C) groups is 1. The number of aliphatic hydroxyl groups excluding tert-OH is 2. The number of halogens is 1. The minimum atomic E-state index is -1.19. The Bertz CT molecular complexity index is 1710. The summed E-state index contributed by atoms with van der Waals surface area (Å²) in [7, 11) is 0.975. The molecule has 1 aliphatic heterocycles. The molecule has 0 aromatic carbocycles. The topological polar surface area (TPSA) is 199 Å². The fourth-order valence-electron chi connectivity index (χ4n) is 3.95. The average molecular weight is 704 g/mol. The third-order valence-corrected chi connectivity index (χ3v) is 10.3. The smallest absolute Gasteiger partial charge is 0.329 e. The molecule has 0 aliphatic carbocycles. The van der Waals surface area contributed by atoms with E-state index in [2.05, 4.69) is 59.2 Å². The van der Waals surface area contributed by atoms with E-state index in [0.29, 0.717) is 42.0 Å². The normalized spacial score (nSPS) is 12.5. The van der Waals surface area contributed by atoms with Gasteiger partial charge < -0.3 is 19.7 Å². The van der Waals surface area contributed by atoms with E-state index in [0.717, 1.165) is 12.7 Å². The highest BCUT2D eigenvalue weighted by Crippen LogP contribution is 2.20. The van der Waals surface area contributed by atoms with E-state index in [4.69, 9.17) is 26.2 Å². The van der Waals surface area contributed by atoms with Gasteiger partial charge in [0, 0.05) is 49.9 Å². The van der Waals surface area contributed by atoms with Crippen LogP contribution in [0, 0.1) is 0 Å². The summed E-state index contributed by atoms with van der Waals surface area (Å²) in [6, 6.07) is 2.55. The number of imidazole rings is 1. The number of nitrogens with one attached hydrogen (secondary N) is 2. The van der Waals surface area contributed by atoms with Gasteiger partial charge in [-0.3, -0.25) is 33.3 Å². The quantitative estimate of drug-likeness (QED) is 0.131. The van der Waals surface area contributed by atoms with Crippen LogP contribution in [0.15, 0.2) is 24.2 Å². The zero-order valence-corrected chi connectivity index (χ0v) is 30.1.